The first kappa shape index (κ1) is 9.44. The number of hydrogen-bond donors (Lipinski definition) is 1. The molecule has 2 N–H and O–H groups in total. The highest BCUT2D eigenvalue weighted by molar-refractivity contribution is 7.88. The average Bonchev–Trinajstić information content (AvgIpc) is 1.82. The molecule has 66 valence electrons. The second-order valence-corrected chi connectivity index (χ2v) is 4.32. The van der Waals surface area contributed by atoms with Crippen LogP contribution in [0.4, 0.5) is 0 Å². The summed E-state index contributed by atoms with van der Waals surface area (Å²) in [7, 11) is -3.52. The maximum atomic E-state index is 10.6. The molecule has 0 spiro atoms. The number of sulfonamides is 1. The second kappa shape index (κ2) is 3.38. The maximum absolute atomic E-state index is 10.6. The van der Waals surface area contributed by atoms with Gasteiger partial charge in [0, 0.05) is 11.2 Å². The molecule has 0 saturated carbocycles. The molecule has 1 aromatic heterocycles. The third-order valence-electron chi connectivity index (χ3n) is 1.13. The van der Waals surface area contributed by atoms with Crippen LogP contribution < -0.4 is 5.14 Å². The Labute approximate surface area is 75.4 Å². The van der Waals surface area contributed by atoms with Crippen LogP contribution in [0.2, 0.25) is 5.02 Å². The van der Waals surface area contributed by atoms with E-state index in [2.05, 4.69) is 4.98 Å². The van der Waals surface area contributed by atoms with Crippen LogP contribution in [-0.4, -0.2) is 13.4 Å². The van der Waals surface area contributed by atoms with Crippen LogP contribution in [0.3, 0.4) is 0 Å². The summed E-state index contributed by atoms with van der Waals surface area (Å²) in [6, 6.07) is 3.03. The van der Waals surface area contributed by atoms with E-state index in [0.29, 0.717) is 10.7 Å². The molecular weight excluding hydrogens is 200 g/mol. The zero-order valence-corrected chi connectivity index (χ0v) is 7.64. The zero-order chi connectivity index (χ0) is 9.19. The van der Waals surface area contributed by atoms with Crippen molar-refractivity contribution < 1.29 is 8.42 Å². The van der Waals surface area contributed by atoms with Gasteiger partial charge < -0.3 is 0 Å². The molecule has 0 aliphatic heterocycles. The standard InChI is InChI=1S/C6H7ClN2O2S/c7-5-1-2-9-6(3-5)4-12(8,10)11/h1-3H,4H2,(H2,8,10,11). The van der Waals surface area contributed by atoms with Gasteiger partial charge in [-0.05, 0) is 12.1 Å². The van der Waals surface area contributed by atoms with Gasteiger partial charge in [-0.15, -0.1) is 0 Å². The quantitative estimate of drug-likeness (QED) is 0.767. The molecule has 1 aromatic rings. The minimum atomic E-state index is -3.52. The van der Waals surface area contributed by atoms with Crippen molar-refractivity contribution in [1.29, 1.82) is 0 Å². The number of hydrogen-bond acceptors (Lipinski definition) is 3. The number of pyridine rings is 1. The van der Waals surface area contributed by atoms with E-state index in [9.17, 15) is 8.42 Å². The van der Waals surface area contributed by atoms with E-state index in [-0.39, 0.29) is 5.75 Å². The molecule has 0 amide bonds. The maximum Gasteiger partial charge on any atom is 0.214 e. The van der Waals surface area contributed by atoms with Crippen LogP contribution >= 0.6 is 11.6 Å². The van der Waals surface area contributed by atoms with Gasteiger partial charge in [0.2, 0.25) is 10.0 Å². The average molecular weight is 207 g/mol. The Kier molecular flexibility index (Phi) is 2.66. The summed E-state index contributed by atoms with van der Waals surface area (Å²) < 4.78 is 21.2. The molecule has 12 heavy (non-hydrogen) atoms. The fourth-order valence-corrected chi connectivity index (χ4v) is 1.49. The summed E-state index contributed by atoms with van der Waals surface area (Å²) in [5.41, 5.74) is 0.352. The molecule has 0 aliphatic rings. The summed E-state index contributed by atoms with van der Waals surface area (Å²) in [4.78, 5) is 3.78. The van der Waals surface area contributed by atoms with Crippen LogP contribution in [0.1, 0.15) is 5.69 Å². The number of halogens is 1. The Morgan fingerprint density at radius 3 is 2.75 bits per heavy atom. The summed E-state index contributed by atoms with van der Waals surface area (Å²) in [5.74, 6) is -0.284. The molecule has 0 saturated heterocycles. The lowest BCUT2D eigenvalue weighted by Crippen LogP contribution is -2.15. The Morgan fingerprint density at radius 1 is 1.58 bits per heavy atom. The van der Waals surface area contributed by atoms with Crippen molar-refractivity contribution in [2.75, 3.05) is 0 Å². The van der Waals surface area contributed by atoms with Gasteiger partial charge in [0.25, 0.3) is 0 Å². The minimum absolute atomic E-state index is 0.284. The first-order chi connectivity index (χ1) is 5.47. The highest BCUT2D eigenvalue weighted by atomic mass is 35.5. The smallest absolute Gasteiger partial charge is 0.214 e. The topological polar surface area (TPSA) is 73.1 Å². The SMILES string of the molecule is NS(=O)(=O)Cc1cc(Cl)ccn1. The highest BCUT2D eigenvalue weighted by Gasteiger charge is 2.05. The monoisotopic (exact) mass is 206 g/mol. The van der Waals surface area contributed by atoms with Crippen molar-refractivity contribution in [3.63, 3.8) is 0 Å². The predicted molar refractivity (Wildman–Crippen MR) is 46.1 cm³/mol. The molecular formula is C6H7ClN2O2S. The predicted octanol–water partition coefficient (Wildman–Crippen LogP) is 0.524. The van der Waals surface area contributed by atoms with Gasteiger partial charge in [-0.3, -0.25) is 4.98 Å². The lowest BCUT2D eigenvalue weighted by molar-refractivity contribution is 0.596. The molecule has 1 rings (SSSR count). The summed E-state index contributed by atoms with van der Waals surface area (Å²) in [5, 5.41) is 5.25. The molecule has 1 heterocycles. The Balaban J connectivity index is 2.91. The van der Waals surface area contributed by atoms with Crippen LogP contribution in [0, 0.1) is 0 Å². The zero-order valence-electron chi connectivity index (χ0n) is 6.07. The van der Waals surface area contributed by atoms with Gasteiger partial charge in [0.15, 0.2) is 0 Å². The number of aromatic nitrogens is 1. The minimum Gasteiger partial charge on any atom is -0.260 e. The summed E-state index contributed by atoms with van der Waals surface area (Å²) >= 11 is 5.60. The largest absolute Gasteiger partial charge is 0.260 e. The van der Waals surface area contributed by atoms with Crippen LogP contribution in [-0.2, 0) is 15.8 Å². The number of nitrogens with zero attached hydrogens (tertiary/aromatic N) is 1. The first-order valence-electron chi connectivity index (χ1n) is 3.08. The summed E-state index contributed by atoms with van der Waals surface area (Å²) in [6.07, 6.45) is 1.43. The van der Waals surface area contributed by atoms with Gasteiger partial charge in [0.05, 0.1) is 5.69 Å². The lowest BCUT2D eigenvalue weighted by Gasteiger charge is -1.97. The first-order valence-corrected chi connectivity index (χ1v) is 5.17. The molecule has 0 unspecified atom stereocenters. The van der Waals surface area contributed by atoms with Crippen LogP contribution in [0.15, 0.2) is 18.3 Å². The van der Waals surface area contributed by atoms with E-state index < -0.39 is 10.0 Å². The third kappa shape index (κ3) is 3.17. The third-order valence-corrected chi connectivity index (χ3v) is 2.06. The van der Waals surface area contributed by atoms with Crippen molar-refractivity contribution in [1.82, 2.24) is 4.98 Å². The molecule has 4 nitrogen and oxygen atoms in total. The molecule has 0 radical (unpaired) electrons. The van der Waals surface area contributed by atoms with E-state index in [4.69, 9.17) is 16.7 Å². The van der Waals surface area contributed by atoms with E-state index in [1.807, 2.05) is 0 Å². The van der Waals surface area contributed by atoms with Crippen molar-refractivity contribution in [2.45, 2.75) is 5.75 Å². The van der Waals surface area contributed by atoms with Crippen molar-refractivity contribution in [3.8, 4) is 0 Å². The number of rotatable bonds is 2. The van der Waals surface area contributed by atoms with E-state index >= 15 is 0 Å². The lowest BCUT2D eigenvalue weighted by atomic mass is 10.4. The molecule has 6 heteroatoms. The van der Waals surface area contributed by atoms with Gasteiger partial charge >= 0.3 is 0 Å². The second-order valence-electron chi connectivity index (χ2n) is 2.27. The molecule has 0 fully saturated rings. The van der Waals surface area contributed by atoms with E-state index in [1.165, 1.54) is 12.3 Å². The highest BCUT2D eigenvalue weighted by Crippen LogP contribution is 2.09. The number of primary sulfonamides is 1. The summed E-state index contributed by atoms with van der Waals surface area (Å²) in [6.45, 7) is 0. The van der Waals surface area contributed by atoms with Crippen molar-refractivity contribution in [2.24, 2.45) is 5.14 Å². The fraction of sp³-hybridized carbons (Fsp3) is 0.167. The molecule has 0 aliphatic carbocycles. The Morgan fingerprint density at radius 2 is 2.25 bits per heavy atom. The van der Waals surface area contributed by atoms with Crippen molar-refractivity contribution in [3.05, 3.63) is 29.0 Å². The number of nitrogens with two attached hydrogens (primary N) is 1. The van der Waals surface area contributed by atoms with Gasteiger partial charge in [-0.25, -0.2) is 13.6 Å². The van der Waals surface area contributed by atoms with Gasteiger partial charge in [-0.2, -0.15) is 0 Å². The molecule has 0 aromatic carbocycles. The normalized spacial score (nSPS) is 11.5. The van der Waals surface area contributed by atoms with E-state index in [0.717, 1.165) is 0 Å². The molecule has 0 bridgehead atoms. The molecule has 0 atom stereocenters. The fourth-order valence-electron chi connectivity index (χ4n) is 0.734. The Hall–Kier alpha value is -0.650. The van der Waals surface area contributed by atoms with Gasteiger partial charge in [0.1, 0.15) is 5.75 Å². The van der Waals surface area contributed by atoms with Crippen LogP contribution in [0.25, 0.3) is 0 Å². The Bertz CT molecular complexity index is 377. The van der Waals surface area contributed by atoms with Crippen LogP contribution in [0.5, 0.6) is 0 Å². The van der Waals surface area contributed by atoms with E-state index in [1.54, 1.807) is 6.07 Å². The van der Waals surface area contributed by atoms with Gasteiger partial charge in [-0.1, -0.05) is 11.6 Å². The van der Waals surface area contributed by atoms with Crippen molar-refractivity contribution >= 4 is 21.6 Å².